The zero-order valence-corrected chi connectivity index (χ0v) is 7.93. The maximum atomic E-state index is 13.1. The van der Waals surface area contributed by atoms with Crippen molar-refractivity contribution in [3.63, 3.8) is 0 Å². The molecule has 0 bridgehead atoms. The molecule has 1 heterocycles. The van der Waals surface area contributed by atoms with Gasteiger partial charge in [-0.05, 0) is 13.8 Å². The summed E-state index contributed by atoms with van der Waals surface area (Å²) in [5.41, 5.74) is 0.587. The van der Waals surface area contributed by atoms with Crippen LogP contribution >= 0.6 is 0 Å². The molecule has 0 aliphatic carbocycles. The normalized spacial score (nSPS) is 9.85. The third-order valence-electron chi connectivity index (χ3n) is 1.66. The van der Waals surface area contributed by atoms with Crippen molar-refractivity contribution in [2.45, 2.75) is 13.8 Å². The lowest BCUT2D eigenvalue weighted by molar-refractivity contribution is 0.311. The number of methoxy groups -OCH3 is 1. The Morgan fingerprint density at radius 3 is 2.77 bits per heavy atom. The molecule has 0 saturated carbocycles. The topological polar surface area (TPSA) is 31.4 Å². The Morgan fingerprint density at radius 2 is 2.23 bits per heavy atom. The summed E-state index contributed by atoms with van der Waals surface area (Å²) in [6.45, 7) is 3.93. The van der Waals surface area contributed by atoms with Crippen LogP contribution in [-0.4, -0.2) is 18.7 Å². The number of pyridine rings is 1. The molecule has 4 heteroatoms. The molecule has 0 aromatic carbocycles. The van der Waals surface area contributed by atoms with Gasteiger partial charge in [0.1, 0.15) is 0 Å². The SMILES string of the molecule is CCOc1c(F)cnc(OC)c1C. The largest absolute Gasteiger partial charge is 0.490 e. The monoisotopic (exact) mass is 185 g/mol. The zero-order valence-electron chi connectivity index (χ0n) is 7.93. The highest BCUT2D eigenvalue weighted by molar-refractivity contribution is 5.39. The Balaban J connectivity index is 3.13. The molecule has 0 saturated heterocycles. The molecule has 0 unspecified atom stereocenters. The van der Waals surface area contributed by atoms with Gasteiger partial charge in [-0.15, -0.1) is 0 Å². The summed E-state index contributed by atoms with van der Waals surface area (Å²) in [6, 6.07) is 0. The molecule has 0 aliphatic rings. The van der Waals surface area contributed by atoms with Crippen LogP contribution in [0.2, 0.25) is 0 Å². The fourth-order valence-electron chi connectivity index (χ4n) is 1.07. The molecule has 1 rings (SSSR count). The van der Waals surface area contributed by atoms with Crippen molar-refractivity contribution in [1.82, 2.24) is 4.98 Å². The van der Waals surface area contributed by atoms with Gasteiger partial charge in [0, 0.05) is 0 Å². The van der Waals surface area contributed by atoms with Gasteiger partial charge in [0.25, 0.3) is 0 Å². The van der Waals surface area contributed by atoms with Gasteiger partial charge in [0.2, 0.25) is 5.88 Å². The van der Waals surface area contributed by atoms with E-state index in [1.54, 1.807) is 13.8 Å². The van der Waals surface area contributed by atoms with Gasteiger partial charge in [-0.3, -0.25) is 0 Å². The van der Waals surface area contributed by atoms with Gasteiger partial charge in [-0.25, -0.2) is 9.37 Å². The number of halogens is 1. The third-order valence-corrected chi connectivity index (χ3v) is 1.66. The number of rotatable bonds is 3. The first kappa shape index (κ1) is 9.77. The minimum atomic E-state index is -0.458. The van der Waals surface area contributed by atoms with Crippen molar-refractivity contribution in [2.75, 3.05) is 13.7 Å². The van der Waals surface area contributed by atoms with Crippen molar-refractivity contribution in [3.05, 3.63) is 17.6 Å². The summed E-state index contributed by atoms with van der Waals surface area (Å²) < 4.78 is 23.2. The summed E-state index contributed by atoms with van der Waals surface area (Å²) >= 11 is 0. The van der Waals surface area contributed by atoms with Crippen molar-refractivity contribution in [2.24, 2.45) is 0 Å². The minimum absolute atomic E-state index is 0.217. The lowest BCUT2D eigenvalue weighted by atomic mass is 10.2. The lowest BCUT2D eigenvalue weighted by Crippen LogP contribution is -2.01. The van der Waals surface area contributed by atoms with Crippen molar-refractivity contribution in [3.8, 4) is 11.6 Å². The fraction of sp³-hybridized carbons (Fsp3) is 0.444. The van der Waals surface area contributed by atoms with E-state index in [4.69, 9.17) is 9.47 Å². The summed E-state index contributed by atoms with van der Waals surface area (Å²) in [5, 5.41) is 0. The Morgan fingerprint density at radius 1 is 1.54 bits per heavy atom. The molecule has 13 heavy (non-hydrogen) atoms. The van der Waals surface area contributed by atoms with E-state index >= 15 is 0 Å². The van der Waals surface area contributed by atoms with Crippen molar-refractivity contribution >= 4 is 0 Å². The van der Waals surface area contributed by atoms with Gasteiger partial charge in [0.05, 0.1) is 25.5 Å². The highest BCUT2D eigenvalue weighted by atomic mass is 19.1. The predicted octanol–water partition coefficient (Wildman–Crippen LogP) is 1.94. The second-order valence-corrected chi connectivity index (χ2v) is 2.50. The van der Waals surface area contributed by atoms with Gasteiger partial charge in [0.15, 0.2) is 11.6 Å². The molecule has 0 fully saturated rings. The van der Waals surface area contributed by atoms with Gasteiger partial charge >= 0.3 is 0 Å². The number of hydrogen-bond donors (Lipinski definition) is 0. The molecule has 0 atom stereocenters. The molecule has 1 aromatic heterocycles. The smallest absolute Gasteiger partial charge is 0.219 e. The average Bonchev–Trinajstić information content (AvgIpc) is 2.12. The first-order valence-electron chi connectivity index (χ1n) is 4.02. The Hall–Kier alpha value is -1.32. The Bertz CT molecular complexity index is 302. The average molecular weight is 185 g/mol. The van der Waals surface area contributed by atoms with Crippen molar-refractivity contribution in [1.29, 1.82) is 0 Å². The number of nitrogens with zero attached hydrogens (tertiary/aromatic N) is 1. The van der Waals surface area contributed by atoms with E-state index in [1.165, 1.54) is 7.11 Å². The molecule has 1 aromatic rings. The maximum absolute atomic E-state index is 13.1. The molecule has 72 valence electrons. The van der Waals surface area contributed by atoms with Gasteiger partial charge in [-0.2, -0.15) is 0 Å². The summed E-state index contributed by atoms with van der Waals surface area (Å²) in [4.78, 5) is 3.76. The van der Waals surface area contributed by atoms with Crippen LogP contribution in [0.4, 0.5) is 4.39 Å². The van der Waals surface area contributed by atoms with E-state index in [-0.39, 0.29) is 5.75 Å². The van der Waals surface area contributed by atoms with Gasteiger partial charge in [-0.1, -0.05) is 0 Å². The number of hydrogen-bond acceptors (Lipinski definition) is 3. The molecule has 0 radical (unpaired) electrons. The quantitative estimate of drug-likeness (QED) is 0.721. The number of aromatic nitrogens is 1. The summed E-state index contributed by atoms with van der Waals surface area (Å²) in [5.74, 6) is 0.152. The fourth-order valence-corrected chi connectivity index (χ4v) is 1.07. The van der Waals surface area contributed by atoms with E-state index < -0.39 is 5.82 Å². The highest BCUT2D eigenvalue weighted by Crippen LogP contribution is 2.27. The van der Waals surface area contributed by atoms with Crippen LogP contribution in [-0.2, 0) is 0 Å². The standard InChI is InChI=1S/C9H12FNO2/c1-4-13-8-6(2)9(12-3)11-5-7(8)10/h5H,4H2,1-3H3. The van der Waals surface area contributed by atoms with Crippen LogP contribution < -0.4 is 9.47 Å². The third kappa shape index (κ3) is 1.88. The van der Waals surface area contributed by atoms with Gasteiger partial charge < -0.3 is 9.47 Å². The molecule has 0 amide bonds. The maximum Gasteiger partial charge on any atom is 0.219 e. The van der Waals surface area contributed by atoms with Crippen LogP contribution in [0.1, 0.15) is 12.5 Å². The Kier molecular flexibility index (Phi) is 3.06. The predicted molar refractivity (Wildman–Crippen MR) is 46.7 cm³/mol. The molecular weight excluding hydrogens is 173 g/mol. The first-order valence-corrected chi connectivity index (χ1v) is 4.02. The summed E-state index contributed by atoms with van der Waals surface area (Å²) in [7, 11) is 1.49. The Labute approximate surface area is 76.5 Å². The summed E-state index contributed by atoms with van der Waals surface area (Å²) in [6.07, 6.45) is 1.09. The number of ether oxygens (including phenoxy) is 2. The highest BCUT2D eigenvalue weighted by Gasteiger charge is 2.12. The molecule has 0 N–H and O–H groups in total. The van der Waals surface area contributed by atoms with Crippen LogP contribution in [0.15, 0.2) is 6.20 Å². The zero-order chi connectivity index (χ0) is 9.84. The van der Waals surface area contributed by atoms with Crippen LogP contribution in [0.25, 0.3) is 0 Å². The second-order valence-electron chi connectivity index (χ2n) is 2.50. The van der Waals surface area contributed by atoms with Crippen LogP contribution in [0.5, 0.6) is 11.6 Å². The van der Waals surface area contributed by atoms with E-state index in [1.807, 2.05) is 0 Å². The molecule has 0 spiro atoms. The van der Waals surface area contributed by atoms with E-state index in [9.17, 15) is 4.39 Å². The van der Waals surface area contributed by atoms with Crippen LogP contribution in [0, 0.1) is 12.7 Å². The van der Waals surface area contributed by atoms with Crippen molar-refractivity contribution < 1.29 is 13.9 Å². The first-order chi connectivity index (χ1) is 6.20. The van der Waals surface area contributed by atoms with E-state index in [0.29, 0.717) is 18.1 Å². The van der Waals surface area contributed by atoms with E-state index in [2.05, 4.69) is 4.98 Å². The molecule has 3 nitrogen and oxygen atoms in total. The van der Waals surface area contributed by atoms with E-state index in [0.717, 1.165) is 6.20 Å². The second kappa shape index (κ2) is 4.07. The lowest BCUT2D eigenvalue weighted by Gasteiger charge is -2.10. The molecular formula is C9H12FNO2. The van der Waals surface area contributed by atoms with Crippen LogP contribution in [0.3, 0.4) is 0 Å². The molecule has 0 aliphatic heterocycles. The minimum Gasteiger partial charge on any atom is -0.490 e.